The fraction of sp³-hybridized carbons (Fsp3) is 0.429. The Bertz CT molecular complexity index is 537. The molecule has 0 radical (unpaired) electrons. The molecule has 0 aromatic heterocycles. The van der Waals surface area contributed by atoms with Gasteiger partial charge in [-0.3, -0.25) is 0 Å². The van der Waals surface area contributed by atoms with Crippen LogP contribution in [0.5, 0.6) is 0 Å². The molecule has 0 saturated heterocycles. The lowest BCUT2D eigenvalue weighted by Crippen LogP contribution is -2.09. The molecule has 1 aromatic rings. The number of hydrogen-bond acceptors (Lipinski definition) is 0. The summed E-state index contributed by atoms with van der Waals surface area (Å²) in [5.74, 6) is -6.36. The lowest BCUT2D eigenvalue weighted by atomic mass is 9.90. The molecule has 0 spiro atoms. The van der Waals surface area contributed by atoms with Gasteiger partial charge in [-0.15, -0.1) is 0 Å². The van der Waals surface area contributed by atoms with Crippen LogP contribution in [0.1, 0.15) is 49.7 Å². The van der Waals surface area contributed by atoms with Crippen LogP contribution in [0.25, 0.3) is 0 Å². The number of halogens is 4. The first-order valence-electron chi connectivity index (χ1n) is 5.98. The molecule has 2 aliphatic rings. The highest BCUT2D eigenvalue weighted by Crippen LogP contribution is 2.59. The van der Waals surface area contributed by atoms with Gasteiger partial charge in [0.05, 0.1) is 0 Å². The second-order valence-electron chi connectivity index (χ2n) is 5.22. The summed E-state index contributed by atoms with van der Waals surface area (Å²) in [7, 11) is 0. The van der Waals surface area contributed by atoms with Crippen molar-refractivity contribution in [3.05, 3.63) is 45.5 Å². The molecule has 0 N–H and O–H groups in total. The normalized spacial score (nSPS) is 24.7. The van der Waals surface area contributed by atoms with Crippen LogP contribution in [0.2, 0.25) is 0 Å². The minimum absolute atomic E-state index is 0.0406. The Kier molecular flexibility index (Phi) is 2.34. The van der Waals surface area contributed by atoms with Gasteiger partial charge in [0.1, 0.15) is 0 Å². The molecular weight excluding hydrogens is 244 g/mol. The highest BCUT2D eigenvalue weighted by molar-refractivity contribution is 5.55. The molecule has 1 saturated carbocycles. The van der Waals surface area contributed by atoms with Crippen molar-refractivity contribution in [1.82, 2.24) is 0 Å². The zero-order valence-corrected chi connectivity index (χ0v) is 10.1. The minimum atomic E-state index is -1.69. The lowest BCUT2D eigenvalue weighted by molar-refractivity contribution is 0.394. The molecule has 3 rings (SSSR count). The summed E-state index contributed by atoms with van der Waals surface area (Å²) < 4.78 is 54.3. The Morgan fingerprint density at radius 3 is 1.50 bits per heavy atom. The predicted molar refractivity (Wildman–Crippen MR) is 59.4 cm³/mol. The topological polar surface area (TPSA) is 0 Å². The zero-order valence-electron chi connectivity index (χ0n) is 10.1. The summed E-state index contributed by atoms with van der Waals surface area (Å²) >= 11 is 0. The predicted octanol–water partition coefficient (Wildman–Crippen LogP) is 4.55. The Hall–Kier alpha value is -1.32. The van der Waals surface area contributed by atoms with Crippen molar-refractivity contribution in [3.8, 4) is 0 Å². The maximum atomic E-state index is 13.8. The van der Waals surface area contributed by atoms with Crippen LogP contribution in [0.4, 0.5) is 17.6 Å². The summed E-state index contributed by atoms with van der Waals surface area (Å²) in [6.07, 6.45) is 1.36. The molecule has 0 aliphatic heterocycles. The number of hydrogen-bond donors (Lipinski definition) is 0. The summed E-state index contributed by atoms with van der Waals surface area (Å²) in [5, 5.41) is 0. The Morgan fingerprint density at radius 2 is 1.17 bits per heavy atom. The molecule has 18 heavy (non-hydrogen) atoms. The summed E-state index contributed by atoms with van der Waals surface area (Å²) in [4.78, 5) is 0. The van der Waals surface area contributed by atoms with Crippen LogP contribution in [0.3, 0.4) is 0 Å². The number of allylic oxidation sites excluding steroid dienone is 2. The van der Waals surface area contributed by atoms with Gasteiger partial charge in [0.25, 0.3) is 0 Å². The molecule has 1 fully saturated rings. The van der Waals surface area contributed by atoms with Gasteiger partial charge in [-0.2, -0.15) is 0 Å². The van der Waals surface area contributed by atoms with Gasteiger partial charge in [-0.25, -0.2) is 17.6 Å². The van der Waals surface area contributed by atoms with E-state index in [1.165, 1.54) is 0 Å². The van der Waals surface area contributed by atoms with Gasteiger partial charge >= 0.3 is 0 Å². The molecule has 0 heterocycles. The Labute approximate surface area is 102 Å². The fourth-order valence-corrected chi connectivity index (χ4v) is 3.53. The molecule has 0 unspecified atom stereocenters. The van der Waals surface area contributed by atoms with Crippen LogP contribution < -0.4 is 0 Å². The number of fused-ring (bicyclic) bond motifs is 5. The standard InChI is InChI=1S/C14H12F4/c1-5(2)8-6-3-4-7(8)10-9(6)11(15)13(17)14(18)12(10)16/h6-7H,3-4H2,1-2H3/t6-,7+. The van der Waals surface area contributed by atoms with Crippen molar-refractivity contribution in [2.24, 2.45) is 0 Å². The van der Waals surface area contributed by atoms with E-state index < -0.39 is 23.3 Å². The van der Waals surface area contributed by atoms with Crippen LogP contribution in [-0.2, 0) is 0 Å². The van der Waals surface area contributed by atoms with Gasteiger partial charge in [-0.1, -0.05) is 11.1 Å². The third-order valence-corrected chi connectivity index (χ3v) is 4.11. The number of rotatable bonds is 0. The Balaban J connectivity index is 2.36. The third kappa shape index (κ3) is 1.21. The first-order chi connectivity index (χ1) is 8.45. The molecular formula is C14H12F4. The first kappa shape index (κ1) is 11.8. The quantitative estimate of drug-likeness (QED) is 0.276. The highest BCUT2D eigenvalue weighted by Gasteiger charge is 2.47. The molecule has 4 heteroatoms. The van der Waals surface area contributed by atoms with Crippen molar-refractivity contribution in [3.63, 3.8) is 0 Å². The molecule has 2 bridgehead atoms. The van der Waals surface area contributed by atoms with Gasteiger partial charge in [0, 0.05) is 23.0 Å². The molecule has 2 atom stereocenters. The summed E-state index contributed by atoms with van der Waals surface area (Å²) in [5.41, 5.74) is 2.00. The smallest absolute Gasteiger partial charge is 0.197 e. The highest BCUT2D eigenvalue weighted by atomic mass is 19.2. The van der Waals surface area contributed by atoms with Gasteiger partial charge in [-0.05, 0) is 26.7 Å². The SMILES string of the molecule is CC(C)=C1[C@H]2CC[C@@H]1c1c(F)c(F)c(F)c(F)c12. The van der Waals surface area contributed by atoms with E-state index in [1.54, 1.807) is 0 Å². The second-order valence-corrected chi connectivity index (χ2v) is 5.22. The summed E-state index contributed by atoms with van der Waals surface area (Å²) in [6.45, 7) is 3.74. The molecule has 2 aliphatic carbocycles. The maximum Gasteiger partial charge on any atom is 0.197 e. The van der Waals surface area contributed by atoms with Crippen molar-refractivity contribution in [2.75, 3.05) is 0 Å². The maximum absolute atomic E-state index is 13.8. The molecule has 1 aromatic carbocycles. The van der Waals surface area contributed by atoms with Crippen LogP contribution in [0, 0.1) is 23.3 Å². The van der Waals surface area contributed by atoms with E-state index in [1.807, 2.05) is 13.8 Å². The minimum Gasteiger partial charge on any atom is -0.203 e. The van der Waals surface area contributed by atoms with Crippen molar-refractivity contribution in [1.29, 1.82) is 0 Å². The van der Waals surface area contributed by atoms with E-state index in [4.69, 9.17) is 0 Å². The van der Waals surface area contributed by atoms with Gasteiger partial charge in [0.15, 0.2) is 23.3 Å². The van der Waals surface area contributed by atoms with E-state index >= 15 is 0 Å². The van der Waals surface area contributed by atoms with E-state index in [0.717, 1.165) is 11.1 Å². The second kappa shape index (κ2) is 3.59. The van der Waals surface area contributed by atoms with Crippen molar-refractivity contribution >= 4 is 0 Å². The summed E-state index contributed by atoms with van der Waals surface area (Å²) in [6, 6.07) is 0. The Morgan fingerprint density at radius 1 is 0.778 bits per heavy atom. The fourth-order valence-electron chi connectivity index (χ4n) is 3.53. The van der Waals surface area contributed by atoms with Gasteiger partial charge in [0.2, 0.25) is 0 Å². The molecule has 0 amide bonds. The largest absolute Gasteiger partial charge is 0.203 e. The average molecular weight is 256 g/mol. The zero-order chi connectivity index (χ0) is 13.2. The van der Waals surface area contributed by atoms with Crippen LogP contribution in [-0.4, -0.2) is 0 Å². The van der Waals surface area contributed by atoms with E-state index in [-0.39, 0.29) is 23.0 Å². The van der Waals surface area contributed by atoms with E-state index in [0.29, 0.717) is 12.8 Å². The third-order valence-electron chi connectivity index (χ3n) is 4.11. The molecule has 0 nitrogen and oxygen atoms in total. The number of benzene rings is 1. The van der Waals surface area contributed by atoms with Crippen molar-refractivity contribution in [2.45, 2.75) is 38.5 Å². The van der Waals surface area contributed by atoms with Crippen molar-refractivity contribution < 1.29 is 17.6 Å². The van der Waals surface area contributed by atoms with Crippen LogP contribution >= 0.6 is 0 Å². The monoisotopic (exact) mass is 256 g/mol. The van der Waals surface area contributed by atoms with Gasteiger partial charge < -0.3 is 0 Å². The van der Waals surface area contributed by atoms with E-state index in [2.05, 4.69) is 0 Å². The average Bonchev–Trinajstić information content (AvgIpc) is 2.88. The molecule has 96 valence electrons. The lowest BCUT2D eigenvalue weighted by Gasteiger charge is -2.16. The van der Waals surface area contributed by atoms with E-state index in [9.17, 15) is 17.6 Å². The first-order valence-corrected chi connectivity index (χ1v) is 5.98. The van der Waals surface area contributed by atoms with Crippen LogP contribution in [0.15, 0.2) is 11.1 Å².